The molecule has 0 saturated heterocycles. The maximum Gasteiger partial charge on any atom is 0.123 e. The summed E-state index contributed by atoms with van der Waals surface area (Å²) in [5.74, 6) is 1.81. The van der Waals surface area contributed by atoms with Crippen LogP contribution >= 0.6 is 15.9 Å². The number of ether oxygens (including phenoxy) is 1. The first-order valence-electron chi connectivity index (χ1n) is 6.76. The van der Waals surface area contributed by atoms with E-state index in [0.717, 1.165) is 22.7 Å². The van der Waals surface area contributed by atoms with E-state index in [1.807, 2.05) is 12.1 Å². The number of methoxy groups -OCH3 is 1. The second kappa shape index (κ2) is 6.58. The molecule has 0 aromatic heterocycles. The normalized spacial score (nSPS) is 17.9. The summed E-state index contributed by atoms with van der Waals surface area (Å²) < 4.78 is 6.50. The molecule has 18 heavy (non-hydrogen) atoms. The van der Waals surface area contributed by atoms with E-state index in [1.165, 1.54) is 31.2 Å². The molecule has 1 saturated carbocycles. The number of benzene rings is 1. The zero-order chi connectivity index (χ0) is 13.0. The maximum absolute atomic E-state index is 5.40. The van der Waals surface area contributed by atoms with Crippen LogP contribution in [0.15, 0.2) is 22.7 Å². The molecule has 1 aromatic carbocycles. The van der Waals surface area contributed by atoms with Crippen molar-refractivity contribution in [2.24, 2.45) is 5.92 Å². The third kappa shape index (κ3) is 3.48. The summed E-state index contributed by atoms with van der Waals surface area (Å²) in [5.41, 5.74) is 1.22. The molecule has 0 aliphatic heterocycles. The van der Waals surface area contributed by atoms with Crippen molar-refractivity contribution in [1.29, 1.82) is 0 Å². The first-order chi connectivity index (χ1) is 8.70. The van der Waals surface area contributed by atoms with Gasteiger partial charge in [-0.25, -0.2) is 0 Å². The molecule has 0 heterocycles. The maximum atomic E-state index is 5.40. The molecule has 2 rings (SSSR count). The Balaban J connectivity index is 1.94. The Morgan fingerprint density at radius 1 is 1.39 bits per heavy atom. The molecule has 0 radical (unpaired) electrons. The molecule has 1 fully saturated rings. The van der Waals surface area contributed by atoms with Gasteiger partial charge in [-0.3, -0.25) is 0 Å². The predicted octanol–water partition coefficient (Wildman–Crippen LogP) is 4.13. The van der Waals surface area contributed by atoms with Gasteiger partial charge in [0.2, 0.25) is 0 Å². The highest BCUT2D eigenvalue weighted by molar-refractivity contribution is 9.10. The summed E-state index contributed by atoms with van der Waals surface area (Å²) >= 11 is 3.52. The Bertz CT molecular complexity index is 388. The van der Waals surface area contributed by atoms with E-state index in [0.29, 0.717) is 6.04 Å². The molecular formula is C15H22BrNO. The number of hydrogen-bond donors (Lipinski definition) is 1. The van der Waals surface area contributed by atoms with Gasteiger partial charge in [-0.1, -0.05) is 28.8 Å². The smallest absolute Gasteiger partial charge is 0.123 e. The quantitative estimate of drug-likeness (QED) is 0.883. The topological polar surface area (TPSA) is 21.3 Å². The fraction of sp³-hybridized carbons (Fsp3) is 0.600. The van der Waals surface area contributed by atoms with Gasteiger partial charge in [0.15, 0.2) is 0 Å². The van der Waals surface area contributed by atoms with Crippen molar-refractivity contribution in [3.05, 3.63) is 28.2 Å². The van der Waals surface area contributed by atoms with Crippen molar-refractivity contribution in [2.45, 2.75) is 45.2 Å². The van der Waals surface area contributed by atoms with Gasteiger partial charge in [-0.2, -0.15) is 0 Å². The van der Waals surface area contributed by atoms with Gasteiger partial charge in [-0.15, -0.1) is 0 Å². The van der Waals surface area contributed by atoms with E-state index in [9.17, 15) is 0 Å². The molecule has 0 unspecified atom stereocenters. The molecule has 1 aliphatic rings. The molecule has 1 N–H and O–H groups in total. The summed E-state index contributed by atoms with van der Waals surface area (Å²) in [7, 11) is 1.73. The summed E-state index contributed by atoms with van der Waals surface area (Å²) in [4.78, 5) is 0. The minimum Gasteiger partial charge on any atom is -0.496 e. The van der Waals surface area contributed by atoms with Gasteiger partial charge in [0.25, 0.3) is 0 Å². The van der Waals surface area contributed by atoms with Gasteiger partial charge in [0.1, 0.15) is 5.75 Å². The van der Waals surface area contributed by atoms with Crippen LogP contribution in [0, 0.1) is 5.92 Å². The van der Waals surface area contributed by atoms with Crippen molar-refractivity contribution < 1.29 is 4.74 Å². The Morgan fingerprint density at radius 3 is 2.78 bits per heavy atom. The van der Waals surface area contributed by atoms with Gasteiger partial charge >= 0.3 is 0 Å². The van der Waals surface area contributed by atoms with Crippen LogP contribution in [0.4, 0.5) is 0 Å². The Morgan fingerprint density at radius 2 is 2.11 bits per heavy atom. The molecule has 0 spiro atoms. The molecule has 1 atom stereocenters. The standard InChI is InChI=1S/C15H22BrNO/c1-11(12-5-3-4-6-12)17-10-13-9-14(16)7-8-15(13)18-2/h7-9,11-12,17H,3-6,10H2,1-2H3/t11-/m1/s1. The highest BCUT2D eigenvalue weighted by Crippen LogP contribution is 2.28. The van der Waals surface area contributed by atoms with Gasteiger partial charge in [0, 0.05) is 22.6 Å². The first-order valence-corrected chi connectivity index (χ1v) is 7.56. The average molecular weight is 312 g/mol. The molecule has 3 heteroatoms. The first kappa shape index (κ1) is 13.9. The zero-order valence-electron chi connectivity index (χ0n) is 11.2. The molecule has 100 valence electrons. The minimum atomic E-state index is 0.594. The summed E-state index contributed by atoms with van der Waals surface area (Å²) in [5, 5.41) is 3.64. The molecule has 1 aliphatic carbocycles. The van der Waals surface area contributed by atoms with Crippen molar-refractivity contribution in [2.75, 3.05) is 7.11 Å². The lowest BCUT2D eigenvalue weighted by Gasteiger charge is -2.21. The van der Waals surface area contributed by atoms with E-state index in [1.54, 1.807) is 7.11 Å². The number of rotatable bonds is 5. The Labute approximate surface area is 118 Å². The van der Waals surface area contributed by atoms with E-state index < -0.39 is 0 Å². The van der Waals surface area contributed by atoms with Gasteiger partial charge in [0.05, 0.1) is 7.11 Å². The van der Waals surface area contributed by atoms with Crippen LogP contribution in [0.3, 0.4) is 0 Å². The summed E-state index contributed by atoms with van der Waals surface area (Å²) in [6, 6.07) is 6.76. The predicted molar refractivity (Wildman–Crippen MR) is 79.0 cm³/mol. The number of nitrogens with one attached hydrogen (secondary N) is 1. The van der Waals surface area contributed by atoms with E-state index in [4.69, 9.17) is 4.74 Å². The molecule has 0 bridgehead atoms. The summed E-state index contributed by atoms with van der Waals surface area (Å²) in [6.45, 7) is 3.18. The van der Waals surface area contributed by atoms with Crippen molar-refractivity contribution in [3.8, 4) is 5.75 Å². The second-order valence-electron chi connectivity index (χ2n) is 5.17. The van der Waals surface area contributed by atoms with Crippen molar-refractivity contribution in [3.63, 3.8) is 0 Å². The third-order valence-electron chi connectivity index (χ3n) is 3.96. The Hall–Kier alpha value is -0.540. The molecular weight excluding hydrogens is 290 g/mol. The van der Waals surface area contributed by atoms with Gasteiger partial charge in [-0.05, 0) is 43.9 Å². The van der Waals surface area contributed by atoms with E-state index in [-0.39, 0.29) is 0 Å². The third-order valence-corrected chi connectivity index (χ3v) is 4.46. The van der Waals surface area contributed by atoms with Crippen LogP contribution in [0.5, 0.6) is 5.75 Å². The zero-order valence-corrected chi connectivity index (χ0v) is 12.8. The summed E-state index contributed by atoms with van der Waals surface area (Å²) in [6.07, 6.45) is 5.56. The highest BCUT2D eigenvalue weighted by atomic mass is 79.9. The SMILES string of the molecule is COc1ccc(Br)cc1CN[C@H](C)C1CCCC1. The van der Waals surface area contributed by atoms with Gasteiger partial charge < -0.3 is 10.1 Å². The van der Waals surface area contributed by atoms with Crippen LogP contribution < -0.4 is 10.1 Å². The molecule has 0 amide bonds. The van der Waals surface area contributed by atoms with E-state index >= 15 is 0 Å². The van der Waals surface area contributed by atoms with Crippen LogP contribution in [-0.4, -0.2) is 13.2 Å². The monoisotopic (exact) mass is 311 g/mol. The number of halogens is 1. The highest BCUT2D eigenvalue weighted by Gasteiger charge is 2.21. The van der Waals surface area contributed by atoms with Crippen LogP contribution in [0.1, 0.15) is 38.2 Å². The lowest BCUT2D eigenvalue weighted by Crippen LogP contribution is -2.31. The number of hydrogen-bond acceptors (Lipinski definition) is 2. The molecule has 1 aromatic rings. The Kier molecular flexibility index (Phi) is 5.07. The fourth-order valence-corrected chi connectivity index (χ4v) is 3.19. The lowest BCUT2D eigenvalue weighted by atomic mass is 9.99. The van der Waals surface area contributed by atoms with E-state index in [2.05, 4.69) is 34.2 Å². The molecule has 2 nitrogen and oxygen atoms in total. The van der Waals surface area contributed by atoms with Crippen molar-refractivity contribution >= 4 is 15.9 Å². The largest absolute Gasteiger partial charge is 0.496 e. The lowest BCUT2D eigenvalue weighted by molar-refractivity contribution is 0.371. The van der Waals surface area contributed by atoms with Crippen molar-refractivity contribution in [1.82, 2.24) is 5.32 Å². The second-order valence-corrected chi connectivity index (χ2v) is 6.09. The minimum absolute atomic E-state index is 0.594. The fourth-order valence-electron chi connectivity index (χ4n) is 2.78. The van der Waals surface area contributed by atoms with Crippen LogP contribution in [-0.2, 0) is 6.54 Å². The van der Waals surface area contributed by atoms with Crippen LogP contribution in [0.25, 0.3) is 0 Å². The van der Waals surface area contributed by atoms with Crippen LogP contribution in [0.2, 0.25) is 0 Å². The average Bonchev–Trinajstić information content (AvgIpc) is 2.90.